The molecule has 0 fully saturated rings. The summed E-state index contributed by atoms with van der Waals surface area (Å²) < 4.78 is 0. The molecule has 1 N–H and O–H groups in total. The van der Waals surface area contributed by atoms with E-state index in [1.54, 1.807) is 18.5 Å². The number of pyridine rings is 2. The summed E-state index contributed by atoms with van der Waals surface area (Å²) in [4.78, 5) is 8.18. The fraction of sp³-hybridized carbons (Fsp3) is 0.0909. The van der Waals surface area contributed by atoms with Crippen LogP contribution in [0, 0.1) is 0 Å². The van der Waals surface area contributed by atoms with Gasteiger partial charge in [-0.3, -0.25) is 4.98 Å². The lowest BCUT2D eigenvalue weighted by atomic mass is 10.2. The second kappa shape index (κ2) is 4.38. The zero-order valence-electron chi connectivity index (χ0n) is 7.89. The fourth-order valence-corrected chi connectivity index (χ4v) is 1.47. The first kappa shape index (κ1) is 10.1. The number of hydrogen-bond acceptors (Lipinski definition) is 3. The predicted octanol–water partition coefficient (Wildman–Crippen LogP) is 2.29. The molecule has 0 aliphatic rings. The standard InChI is InChI=1S/C11H9ClN2O/c12-11-9(7-15)3-4-10(14-11)8-2-1-5-13-6-8/h1-6,15H,7H2. The van der Waals surface area contributed by atoms with Crippen molar-refractivity contribution in [3.63, 3.8) is 0 Å². The molecule has 2 aromatic rings. The Morgan fingerprint density at radius 3 is 2.73 bits per heavy atom. The molecule has 0 atom stereocenters. The average Bonchev–Trinajstić information content (AvgIpc) is 2.30. The molecule has 3 nitrogen and oxygen atoms in total. The molecule has 0 bridgehead atoms. The molecule has 0 saturated carbocycles. The van der Waals surface area contributed by atoms with Crippen molar-refractivity contribution in [2.45, 2.75) is 6.61 Å². The van der Waals surface area contributed by atoms with Gasteiger partial charge in [0.2, 0.25) is 0 Å². The van der Waals surface area contributed by atoms with Crippen LogP contribution < -0.4 is 0 Å². The van der Waals surface area contributed by atoms with Gasteiger partial charge in [-0.25, -0.2) is 4.98 Å². The molecule has 0 aromatic carbocycles. The molecule has 4 heteroatoms. The molecular formula is C11H9ClN2O. The average molecular weight is 221 g/mol. The third-order valence-corrected chi connectivity index (χ3v) is 2.38. The molecule has 0 aliphatic carbocycles. The van der Waals surface area contributed by atoms with Crippen molar-refractivity contribution in [2.24, 2.45) is 0 Å². The van der Waals surface area contributed by atoms with Gasteiger partial charge in [0, 0.05) is 23.5 Å². The van der Waals surface area contributed by atoms with Crippen LogP contribution in [0.15, 0.2) is 36.7 Å². The molecule has 0 radical (unpaired) electrons. The van der Waals surface area contributed by atoms with E-state index in [1.807, 2.05) is 18.2 Å². The van der Waals surface area contributed by atoms with Crippen LogP contribution in [-0.2, 0) is 6.61 Å². The second-order valence-electron chi connectivity index (χ2n) is 3.05. The Morgan fingerprint density at radius 1 is 1.27 bits per heavy atom. The van der Waals surface area contributed by atoms with Crippen LogP contribution in [0.2, 0.25) is 5.15 Å². The van der Waals surface area contributed by atoms with Crippen LogP contribution in [-0.4, -0.2) is 15.1 Å². The number of aromatic nitrogens is 2. The summed E-state index contributed by atoms with van der Waals surface area (Å²) in [6.07, 6.45) is 3.42. The van der Waals surface area contributed by atoms with Crippen LogP contribution in [0.3, 0.4) is 0 Å². The van der Waals surface area contributed by atoms with Gasteiger partial charge in [-0.05, 0) is 18.2 Å². The molecule has 76 valence electrons. The van der Waals surface area contributed by atoms with Gasteiger partial charge in [0.25, 0.3) is 0 Å². The number of halogens is 1. The summed E-state index contributed by atoms with van der Waals surface area (Å²) in [6, 6.07) is 7.32. The van der Waals surface area contributed by atoms with Gasteiger partial charge in [0.05, 0.1) is 12.3 Å². The summed E-state index contributed by atoms with van der Waals surface area (Å²) in [5, 5.41) is 9.28. The smallest absolute Gasteiger partial charge is 0.135 e. The Kier molecular flexibility index (Phi) is 2.94. The first-order valence-electron chi connectivity index (χ1n) is 4.48. The van der Waals surface area contributed by atoms with Crippen LogP contribution in [0.4, 0.5) is 0 Å². The maximum Gasteiger partial charge on any atom is 0.135 e. The van der Waals surface area contributed by atoms with E-state index in [9.17, 15) is 0 Å². The minimum atomic E-state index is -0.0981. The Morgan fingerprint density at radius 2 is 2.13 bits per heavy atom. The zero-order valence-corrected chi connectivity index (χ0v) is 8.65. The van der Waals surface area contributed by atoms with Gasteiger partial charge in [-0.2, -0.15) is 0 Å². The molecule has 0 spiro atoms. The number of nitrogens with zero attached hydrogens (tertiary/aromatic N) is 2. The van der Waals surface area contributed by atoms with Crippen molar-refractivity contribution in [2.75, 3.05) is 0 Å². The molecule has 0 amide bonds. The number of aliphatic hydroxyl groups excluding tert-OH is 1. The van der Waals surface area contributed by atoms with E-state index in [4.69, 9.17) is 16.7 Å². The van der Waals surface area contributed by atoms with E-state index in [2.05, 4.69) is 9.97 Å². The largest absolute Gasteiger partial charge is 0.392 e. The molecule has 0 unspecified atom stereocenters. The first-order chi connectivity index (χ1) is 7.31. The van der Waals surface area contributed by atoms with Crippen LogP contribution >= 0.6 is 11.6 Å². The maximum atomic E-state index is 8.94. The highest BCUT2D eigenvalue weighted by atomic mass is 35.5. The summed E-state index contributed by atoms with van der Waals surface area (Å²) in [6.45, 7) is -0.0981. The lowest BCUT2D eigenvalue weighted by Gasteiger charge is -2.03. The second-order valence-corrected chi connectivity index (χ2v) is 3.40. The van der Waals surface area contributed by atoms with Gasteiger partial charge < -0.3 is 5.11 Å². The normalized spacial score (nSPS) is 10.3. The van der Waals surface area contributed by atoms with Crippen LogP contribution in [0.1, 0.15) is 5.56 Å². The molecule has 15 heavy (non-hydrogen) atoms. The number of aliphatic hydroxyl groups is 1. The third-order valence-electron chi connectivity index (χ3n) is 2.05. The third kappa shape index (κ3) is 2.14. The minimum Gasteiger partial charge on any atom is -0.392 e. The van der Waals surface area contributed by atoms with Gasteiger partial charge in [-0.15, -0.1) is 0 Å². The Bertz CT molecular complexity index is 459. The minimum absolute atomic E-state index is 0.0981. The van der Waals surface area contributed by atoms with E-state index in [1.165, 1.54) is 0 Å². The molecule has 0 aliphatic heterocycles. The Hall–Kier alpha value is -1.45. The van der Waals surface area contributed by atoms with E-state index < -0.39 is 0 Å². The van der Waals surface area contributed by atoms with E-state index in [0.29, 0.717) is 10.7 Å². The zero-order chi connectivity index (χ0) is 10.7. The summed E-state index contributed by atoms with van der Waals surface area (Å²) in [5.74, 6) is 0. The van der Waals surface area contributed by atoms with Crippen molar-refractivity contribution in [3.05, 3.63) is 47.4 Å². The number of hydrogen-bond donors (Lipinski definition) is 1. The van der Waals surface area contributed by atoms with Crippen molar-refractivity contribution < 1.29 is 5.11 Å². The highest BCUT2D eigenvalue weighted by molar-refractivity contribution is 6.30. The van der Waals surface area contributed by atoms with Crippen molar-refractivity contribution in [3.8, 4) is 11.3 Å². The van der Waals surface area contributed by atoms with Crippen molar-refractivity contribution >= 4 is 11.6 Å². The predicted molar refractivity (Wildman–Crippen MR) is 58.4 cm³/mol. The fourth-order valence-electron chi connectivity index (χ4n) is 1.26. The Labute approximate surface area is 92.4 Å². The summed E-state index contributed by atoms with van der Waals surface area (Å²) >= 11 is 5.89. The van der Waals surface area contributed by atoms with E-state index in [0.717, 1.165) is 11.3 Å². The molecule has 0 saturated heterocycles. The Balaban J connectivity index is 2.43. The first-order valence-corrected chi connectivity index (χ1v) is 4.86. The summed E-state index contributed by atoms with van der Waals surface area (Å²) in [5.41, 5.74) is 2.29. The molecule has 2 rings (SSSR count). The monoisotopic (exact) mass is 220 g/mol. The van der Waals surface area contributed by atoms with E-state index >= 15 is 0 Å². The quantitative estimate of drug-likeness (QED) is 0.790. The van der Waals surface area contributed by atoms with Crippen molar-refractivity contribution in [1.29, 1.82) is 0 Å². The molecule has 2 aromatic heterocycles. The van der Waals surface area contributed by atoms with Gasteiger partial charge in [0.1, 0.15) is 5.15 Å². The highest BCUT2D eigenvalue weighted by Crippen LogP contribution is 2.20. The lowest BCUT2D eigenvalue weighted by molar-refractivity contribution is 0.281. The lowest BCUT2D eigenvalue weighted by Crippen LogP contribution is -1.91. The van der Waals surface area contributed by atoms with Gasteiger partial charge in [-0.1, -0.05) is 17.7 Å². The summed E-state index contributed by atoms with van der Waals surface area (Å²) in [7, 11) is 0. The van der Waals surface area contributed by atoms with E-state index in [-0.39, 0.29) is 6.61 Å². The van der Waals surface area contributed by atoms with Crippen LogP contribution in [0.25, 0.3) is 11.3 Å². The van der Waals surface area contributed by atoms with Crippen LogP contribution in [0.5, 0.6) is 0 Å². The SMILES string of the molecule is OCc1ccc(-c2cccnc2)nc1Cl. The maximum absolute atomic E-state index is 8.94. The molecular weight excluding hydrogens is 212 g/mol. The van der Waals surface area contributed by atoms with Gasteiger partial charge in [0.15, 0.2) is 0 Å². The topological polar surface area (TPSA) is 46.0 Å². The van der Waals surface area contributed by atoms with Crippen molar-refractivity contribution in [1.82, 2.24) is 9.97 Å². The van der Waals surface area contributed by atoms with Gasteiger partial charge >= 0.3 is 0 Å². The molecule has 2 heterocycles. The number of rotatable bonds is 2. The highest BCUT2D eigenvalue weighted by Gasteiger charge is 2.04.